The Kier molecular flexibility index (Phi) is 6.27. The van der Waals surface area contributed by atoms with Gasteiger partial charge in [0, 0.05) is 24.0 Å². The zero-order valence-electron chi connectivity index (χ0n) is 14.8. The van der Waals surface area contributed by atoms with Gasteiger partial charge >= 0.3 is 0 Å². The first-order valence-corrected chi connectivity index (χ1v) is 9.69. The van der Waals surface area contributed by atoms with E-state index in [1.54, 1.807) is 32.0 Å². The van der Waals surface area contributed by atoms with E-state index in [0.717, 1.165) is 5.57 Å². The number of rotatable bonds is 6. The third-order valence-corrected chi connectivity index (χ3v) is 4.80. The number of aryl methyl sites for hydroxylation is 2. The molecule has 1 aromatic carbocycles. The molecule has 2 rings (SSSR count). The molecule has 0 aliphatic carbocycles. The van der Waals surface area contributed by atoms with Crippen molar-refractivity contribution >= 4 is 38.9 Å². The molecule has 7 nitrogen and oxygen atoms in total. The molecule has 1 aromatic heterocycles. The lowest BCUT2D eigenvalue weighted by atomic mass is 10.3. The van der Waals surface area contributed by atoms with Crippen LogP contribution in [0.3, 0.4) is 0 Å². The first kappa shape index (κ1) is 19.8. The summed E-state index contributed by atoms with van der Waals surface area (Å²) < 4.78 is 27.5. The van der Waals surface area contributed by atoms with Gasteiger partial charge in [0.2, 0.25) is 0 Å². The van der Waals surface area contributed by atoms with Crippen molar-refractivity contribution in [1.82, 2.24) is 15.3 Å². The van der Waals surface area contributed by atoms with Gasteiger partial charge in [0.25, 0.3) is 10.0 Å². The fraction of sp³-hybridized carbons (Fsp3) is 0.235. The Labute approximate surface area is 159 Å². The van der Waals surface area contributed by atoms with Crippen LogP contribution in [0.5, 0.6) is 0 Å². The lowest BCUT2D eigenvalue weighted by molar-refractivity contribution is 0.601. The van der Waals surface area contributed by atoms with Crippen LogP contribution >= 0.6 is 12.2 Å². The second kappa shape index (κ2) is 8.24. The Morgan fingerprint density at radius 1 is 1.19 bits per heavy atom. The summed E-state index contributed by atoms with van der Waals surface area (Å²) in [6.07, 6.45) is 0. The molecule has 2 aromatic rings. The standard InChI is InChI=1S/C17H21N5O2S2/c1-11(2)10-18-17(25)21-14-5-7-15(8-6-14)26(23,24)22-16-9-12(3)19-13(4)20-16/h5-9H,1,10H2,2-4H3,(H2,18,21,25)(H,19,20,22). The molecule has 0 saturated carbocycles. The zero-order chi connectivity index (χ0) is 19.3. The number of aromatic nitrogens is 2. The number of anilines is 2. The molecule has 0 atom stereocenters. The molecule has 138 valence electrons. The van der Waals surface area contributed by atoms with Crippen LogP contribution in [0.15, 0.2) is 47.4 Å². The summed E-state index contributed by atoms with van der Waals surface area (Å²) in [5.74, 6) is 0.736. The average Bonchev–Trinajstić information content (AvgIpc) is 2.52. The summed E-state index contributed by atoms with van der Waals surface area (Å²) in [5, 5.41) is 6.42. The lowest BCUT2D eigenvalue weighted by Gasteiger charge is -2.12. The van der Waals surface area contributed by atoms with Gasteiger partial charge in [-0.05, 0) is 57.3 Å². The van der Waals surface area contributed by atoms with Crippen molar-refractivity contribution in [2.45, 2.75) is 25.7 Å². The van der Waals surface area contributed by atoms with E-state index in [-0.39, 0.29) is 10.7 Å². The van der Waals surface area contributed by atoms with Crippen LogP contribution < -0.4 is 15.4 Å². The van der Waals surface area contributed by atoms with Gasteiger partial charge in [-0.3, -0.25) is 4.72 Å². The summed E-state index contributed by atoms with van der Waals surface area (Å²) in [5.41, 5.74) is 2.32. The molecule has 3 N–H and O–H groups in total. The van der Waals surface area contributed by atoms with Gasteiger partial charge in [-0.25, -0.2) is 18.4 Å². The van der Waals surface area contributed by atoms with Gasteiger partial charge in [-0.15, -0.1) is 0 Å². The molecule has 0 saturated heterocycles. The van der Waals surface area contributed by atoms with Crippen molar-refractivity contribution in [3.05, 3.63) is 54.0 Å². The van der Waals surface area contributed by atoms with Gasteiger partial charge in [-0.1, -0.05) is 12.2 Å². The topological polar surface area (TPSA) is 96.0 Å². The normalized spacial score (nSPS) is 10.9. The first-order chi connectivity index (χ1) is 12.2. The minimum atomic E-state index is -3.74. The van der Waals surface area contributed by atoms with Crippen LogP contribution in [0, 0.1) is 13.8 Å². The molecular weight excluding hydrogens is 370 g/mol. The van der Waals surface area contributed by atoms with E-state index in [0.29, 0.717) is 28.9 Å². The number of hydrogen-bond acceptors (Lipinski definition) is 5. The maximum Gasteiger partial charge on any atom is 0.263 e. The Bertz CT molecular complexity index is 904. The van der Waals surface area contributed by atoms with Crippen LogP contribution in [-0.4, -0.2) is 30.0 Å². The van der Waals surface area contributed by atoms with E-state index in [1.807, 2.05) is 6.92 Å². The van der Waals surface area contributed by atoms with E-state index in [4.69, 9.17) is 12.2 Å². The molecule has 1 heterocycles. The van der Waals surface area contributed by atoms with E-state index in [2.05, 4.69) is 31.9 Å². The smallest absolute Gasteiger partial charge is 0.263 e. The fourth-order valence-electron chi connectivity index (χ4n) is 2.09. The minimum Gasteiger partial charge on any atom is -0.359 e. The molecule has 0 radical (unpaired) electrons. The van der Waals surface area contributed by atoms with Crippen molar-refractivity contribution in [3.8, 4) is 0 Å². The zero-order valence-corrected chi connectivity index (χ0v) is 16.5. The van der Waals surface area contributed by atoms with E-state index < -0.39 is 10.0 Å². The summed E-state index contributed by atoms with van der Waals surface area (Å²) in [4.78, 5) is 8.34. The summed E-state index contributed by atoms with van der Waals surface area (Å²) in [6, 6.07) is 7.84. The highest BCUT2D eigenvalue weighted by molar-refractivity contribution is 7.92. The van der Waals surface area contributed by atoms with E-state index in [9.17, 15) is 8.42 Å². The number of sulfonamides is 1. The van der Waals surface area contributed by atoms with Crippen molar-refractivity contribution < 1.29 is 8.42 Å². The Hall–Kier alpha value is -2.52. The van der Waals surface area contributed by atoms with Gasteiger partial charge in [0.05, 0.1) is 4.90 Å². The number of thiocarbonyl (C=S) groups is 1. The van der Waals surface area contributed by atoms with Crippen LogP contribution in [0.2, 0.25) is 0 Å². The maximum absolute atomic E-state index is 12.5. The fourth-order valence-corrected chi connectivity index (χ4v) is 3.27. The van der Waals surface area contributed by atoms with Gasteiger partial charge in [0.1, 0.15) is 11.6 Å². The van der Waals surface area contributed by atoms with Crippen molar-refractivity contribution in [3.63, 3.8) is 0 Å². The number of nitrogens with zero attached hydrogens (tertiary/aromatic N) is 2. The maximum atomic E-state index is 12.5. The number of hydrogen-bond donors (Lipinski definition) is 3. The molecule has 0 spiro atoms. The summed E-state index contributed by atoms with van der Waals surface area (Å²) in [7, 11) is -3.74. The molecular formula is C17H21N5O2S2. The molecule has 0 aliphatic rings. The van der Waals surface area contributed by atoms with Gasteiger partial charge < -0.3 is 10.6 Å². The highest BCUT2D eigenvalue weighted by atomic mass is 32.2. The van der Waals surface area contributed by atoms with Crippen molar-refractivity contribution in [1.29, 1.82) is 0 Å². The van der Waals surface area contributed by atoms with Crippen LogP contribution in [0.1, 0.15) is 18.4 Å². The highest BCUT2D eigenvalue weighted by Gasteiger charge is 2.15. The first-order valence-electron chi connectivity index (χ1n) is 7.80. The molecule has 0 unspecified atom stereocenters. The van der Waals surface area contributed by atoms with Crippen LogP contribution in [0.4, 0.5) is 11.5 Å². The lowest BCUT2D eigenvalue weighted by Crippen LogP contribution is -2.29. The molecule has 26 heavy (non-hydrogen) atoms. The molecule has 0 bridgehead atoms. The van der Waals surface area contributed by atoms with E-state index >= 15 is 0 Å². The predicted molar refractivity (Wildman–Crippen MR) is 108 cm³/mol. The Morgan fingerprint density at radius 3 is 2.42 bits per heavy atom. The van der Waals surface area contributed by atoms with Crippen molar-refractivity contribution in [2.75, 3.05) is 16.6 Å². The summed E-state index contributed by atoms with van der Waals surface area (Å²) in [6.45, 7) is 9.73. The van der Waals surface area contributed by atoms with Gasteiger partial charge in [0.15, 0.2) is 5.11 Å². The average molecular weight is 392 g/mol. The van der Waals surface area contributed by atoms with Gasteiger partial charge in [-0.2, -0.15) is 0 Å². The third kappa shape index (κ3) is 5.78. The third-order valence-electron chi connectivity index (χ3n) is 3.18. The second-order valence-electron chi connectivity index (χ2n) is 5.84. The largest absolute Gasteiger partial charge is 0.359 e. The highest BCUT2D eigenvalue weighted by Crippen LogP contribution is 2.17. The monoisotopic (exact) mass is 391 g/mol. The Balaban J connectivity index is 2.08. The predicted octanol–water partition coefficient (Wildman–Crippen LogP) is 2.76. The van der Waals surface area contributed by atoms with Crippen molar-refractivity contribution in [2.24, 2.45) is 0 Å². The Morgan fingerprint density at radius 2 is 1.85 bits per heavy atom. The molecule has 0 aliphatic heterocycles. The molecule has 9 heteroatoms. The van der Waals surface area contributed by atoms with Crippen LogP contribution in [0.25, 0.3) is 0 Å². The molecule has 0 fully saturated rings. The number of nitrogens with one attached hydrogen (secondary N) is 3. The quantitative estimate of drug-likeness (QED) is 0.515. The number of benzene rings is 1. The minimum absolute atomic E-state index is 0.123. The molecule has 0 amide bonds. The SMILES string of the molecule is C=C(C)CNC(=S)Nc1ccc(S(=O)(=O)Nc2cc(C)nc(C)n2)cc1. The second-order valence-corrected chi connectivity index (χ2v) is 7.93. The van der Waals surface area contributed by atoms with Crippen LogP contribution in [-0.2, 0) is 10.0 Å². The summed E-state index contributed by atoms with van der Waals surface area (Å²) >= 11 is 5.16. The van der Waals surface area contributed by atoms with E-state index in [1.165, 1.54) is 12.1 Å².